The first-order chi connectivity index (χ1) is 22.6. The second-order valence-electron chi connectivity index (χ2n) is 10.0. The molecule has 0 bridgehead atoms. The van der Waals surface area contributed by atoms with Crippen LogP contribution in [0.1, 0.15) is 18.2 Å². The molecule has 0 aliphatic carbocycles. The Balaban J connectivity index is 1.23. The number of phosphoric acid groups is 3. The molecular formula is C22H29N10O13P3. The first-order valence-electron chi connectivity index (χ1n) is 13.6. The third kappa shape index (κ3) is 8.92. The number of nitrogens with zero attached hydrogens (tertiary/aromatic N) is 6. The second-order valence-corrected chi connectivity index (χ2v) is 14.5. The quantitative estimate of drug-likeness (QED) is 0.0315. The zero-order valence-electron chi connectivity index (χ0n) is 24.3. The average Bonchev–Trinajstić information content (AvgIpc) is 3.71. The highest BCUT2D eigenvalue weighted by Gasteiger charge is 2.43. The molecule has 5 heterocycles. The van der Waals surface area contributed by atoms with Crippen molar-refractivity contribution in [3.8, 4) is 0 Å². The number of aromatic amines is 1. The number of H-pyrrole nitrogens is 1. The van der Waals surface area contributed by atoms with Crippen molar-refractivity contribution in [1.29, 1.82) is 0 Å². The van der Waals surface area contributed by atoms with Gasteiger partial charge in [0.1, 0.15) is 48.3 Å². The molecule has 26 heteroatoms. The van der Waals surface area contributed by atoms with E-state index in [1.54, 1.807) is 12.3 Å². The number of aliphatic hydroxyl groups excluding tert-OH is 1. The first-order valence-corrected chi connectivity index (χ1v) is 18.1. The smallest absolute Gasteiger partial charge is 0.390 e. The van der Waals surface area contributed by atoms with Gasteiger partial charge >= 0.3 is 23.5 Å². The fraction of sp³-hybridized carbons (Fsp3) is 0.364. The summed E-state index contributed by atoms with van der Waals surface area (Å²) in [5, 5.41) is 17.3. The number of carbonyl (C=O) groups is 1. The predicted molar refractivity (Wildman–Crippen MR) is 163 cm³/mol. The van der Waals surface area contributed by atoms with E-state index in [0.717, 1.165) is 0 Å². The van der Waals surface area contributed by atoms with Gasteiger partial charge in [-0.3, -0.25) is 9.32 Å². The molecule has 5 rings (SSSR count). The monoisotopic (exact) mass is 734 g/mol. The van der Waals surface area contributed by atoms with E-state index in [1.807, 2.05) is 0 Å². The third-order valence-corrected chi connectivity index (χ3v) is 10.4. The van der Waals surface area contributed by atoms with Crippen molar-refractivity contribution in [2.45, 2.75) is 24.9 Å². The molecule has 0 spiro atoms. The van der Waals surface area contributed by atoms with Crippen molar-refractivity contribution in [1.82, 2.24) is 39.8 Å². The number of nitrogens with two attached hydrogens (primary N) is 1. The number of carbonyl (C=O) groups excluding carboxylic acids is 1. The van der Waals surface area contributed by atoms with E-state index in [-0.39, 0.29) is 24.4 Å². The van der Waals surface area contributed by atoms with Gasteiger partial charge in [-0.15, -0.1) is 0 Å². The van der Waals surface area contributed by atoms with Gasteiger partial charge in [-0.05, 0) is 6.08 Å². The van der Waals surface area contributed by atoms with Crippen molar-refractivity contribution >= 4 is 69.7 Å². The number of anilines is 2. The number of hydrogen-bond acceptors (Lipinski definition) is 17. The highest BCUT2D eigenvalue weighted by Crippen LogP contribution is 2.66. The van der Waals surface area contributed by atoms with Crippen molar-refractivity contribution in [2.75, 3.05) is 37.3 Å². The fourth-order valence-electron chi connectivity index (χ4n) is 4.70. The number of phosphoric ester groups is 1. The molecule has 10 N–H and O–H groups in total. The molecule has 1 aliphatic rings. The highest BCUT2D eigenvalue weighted by atomic mass is 31.3. The minimum Gasteiger partial charge on any atom is -0.390 e. The number of rotatable bonds is 16. The van der Waals surface area contributed by atoms with Crippen LogP contribution in [0.25, 0.3) is 28.3 Å². The largest absolute Gasteiger partial charge is 0.490 e. The van der Waals surface area contributed by atoms with Crippen molar-refractivity contribution in [2.24, 2.45) is 0 Å². The van der Waals surface area contributed by atoms with Crippen LogP contribution < -0.4 is 16.4 Å². The van der Waals surface area contributed by atoms with Crippen LogP contribution in [0.5, 0.6) is 0 Å². The summed E-state index contributed by atoms with van der Waals surface area (Å²) in [4.78, 5) is 71.9. The van der Waals surface area contributed by atoms with Gasteiger partial charge in [0, 0.05) is 43.4 Å². The molecule has 1 saturated heterocycles. The van der Waals surface area contributed by atoms with Crippen LogP contribution in [0.15, 0.2) is 30.8 Å². The summed E-state index contributed by atoms with van der Waals surface area (Å²) in [6, 6.07) is 0. The minimum absolute atomic E-state index is 0.0881. The van der Waals surface area contributed by atoms with E-state index in [9.17, 15) is 33.4 Å². The Kier molecular flexibility index (Phi) is 10.8. The van der Waals surface area contributed by atoms with Crippen LogP contribution in [0, 0.1) is 0 Å². The number of fused-ring (bicyclic) bond motifs is 2. The Hall–Kier alpha value is -3.53. The number of nitrogen functional groups attached to an aromatic ring is 1. The van der Waals surface area contributed by atoms with E-state index in [1.165, 1.54) is 23.5 Å². The molecule has 1 fully saturated rings. The molecule has 3 unspecified atom stereocenters. The number of imidazole rings is 1. The average molecular weight is 734 g/mol. The Morgan fingerprint density at radius 1 is 1.08 bits per heavy atom. The topological polar surface area (TPSA) is 342 Å². The Bertz CT molecular complexity index is 1970. The lowest BCUT2D eigenvalue weighted by molar-refractivity contribution is -0.104. The van der Waals surface area contributed by atoms with Gasteiger partial charge in [0.2, 0.25) is 0 Å². The molecule has 4 aromatic heterocycles. The Morgan fingerprint density at radius 2 is 1.85 bits per heavy atom. The SMILES string of the molecule is Nc1ncnc2c1c(/C=C(\C=O)CNCCNc1ncnc3nc[nH]c13)cn2[C@H]1CC(O)[C@@H](COP(=O)(O)OP(=O)(O)OP(=O)(O)O)O1. The van der Waals surface area contributed by atoms with Gasteiger partial charge < -0.3 is 55.3 Å². The van der Waals surface area contributed by atoms with Crippen LogP contribution in [-0.2, 0) is 36.4 Å². The number of aromatic nitrogens is 7. The number of aliphatic hydroxyl groups is 1. The predicted octanol–water partition coefficient (Wildman–Crippen LogP) is -0.0445. The van der Waals surface area contributed by atoms with E-state index in [2.05, 4.69) is 53.7 Å². The van der Waals surface area contributed by atoms with Crippen LogP contribution in [0.3, 0.4) is 0 Å². The summed E-state index contributed by atoms with van der Waals surface area (Å²) in [5.41, 5.74) is 8.39. The van der Waals surface area contributed by atoms with Crippen molar-refractivity contribution < 1.29 is 61.1 Å². The maximum atomic E-state index is 12.1. The summed E-state index contributed by atoms with van der Waals surface area (Å²) >= 11 is 0. The van der Waals surface area contributed by atoms with E-state index in [4.69, 9.17) is 20.3 Å². The lowest BCUT2D eigenvalue weighted by atomic mass is 10.1. The van der Waals surface area contributed by atoms with Crippen LogP contribution in [0.4, 0.5) is 11.6 Å². The maximum absolute atomic E-state index is 12.1. The summed E-state index contributed by atoms with van der Waals surface area (Å²) < 4.78 is 53.8. The number of ether oxygens (including phenoxy) is 1. The van der Waals surface area contributed by atoms with E-state index >= 15 is 0 Å². The fourth-order valence-corrected chi connectivity index (χ4v) is 7.73. The van der Waals surface area contributed by atoms with Gasteiger partial charge in [-0.1, -0.05) is 0 Å². The summed E-state index contributed by atoms with van der Waals surface area (Å²) in [6.07, 6.45) is 4.28. The van der Waals surface area contributed by atoms with Crippen LogP contribution in [0.2, 0.25) is 0 Å². The first kappa shape index (κ1) is 35.8. The van der Waals surface area contributed by atoms with Crippen LogP contribution >= 0.6 is 23.5 Å². The molecule has 5 atom stereocenters. The molecule has 4 aromatic rings. The van der Waals surface area contributed by atoms with E-state index < -0.39 is 48.5 Å². The number of aldehydes is 1. The second kappa shape index (κ2) is 14.5. The Labute approximate surface area is 269 Å². The number of nitrogens with one attached hydrogen (secondary N) is 3. The minimum atomic E-state index is -5.73. The summed E-state index contributed by atoms with van der Waals surface area (Å²) in [6.45, 7) is 0.232. The molecular weight excluding hydrogens is 705 g/mol. The Morgan fingerprint density at radius 3 is 2.60 bits per heavy atom. The zero-order valence-corrected chi connectivity index (χ0v) is 27.0. The normalized spacial score (nSPS) is 21.4. The standard InChI is InChI=1S/C22H29N10O13P3/c23-19-17-13(3-12(7-33)5-24-1-2-25-20-18-21(28-9-26-18)30-11-29-20)6-32(22(17)31-10-27-19)16-4-14(34)15(43-16)8-42-47(38,39)45-48(40,41)44-46(35,36)37/h3,6-7,9-11,14-16,24,34H,1-2,4-5,8H2,(H,38,39)(H,40,41)(H2,23,27,31)(H2,35,36,37)(H2,25,26,28,29,30)/b12-3-/t14?,15-,16-/m1/s1. The summed E-state index contributed by atoms with van der Waals surface area (Å²) in [5.74, 6) is 0.661. The molecule has 0 amide bonds. The van der Waals surface area contributed by atoms with Crippen LogP contribution in [-0.4, -0.2) is 104 Å². The molecule has 1 aliphatic heterocycles. The van der Waals surface area contributed by atoms with Gasteiger partial charge in [0.25, 0.3) is 0 Å². The van der Waals surface area contributed by atoms with Gasteiger partial charge in [0.15, 0.2) is 11.5 Å². The lowest BCUT2D eigenvalue weighted by Gasteiger charge is -2.19. The number of hydrogen-bond donors (Lipinski definition) is 9. The van der Waals surface area contributed by atoms with Gasteiger partial charge in [-0.2, -0.15) is 8.62 Å². The molecule has 0 radical (unpaired) electrons. The van der Waals surface area contributed by atoms with Gasteiger partial charge in [-0.25, -0.2) is 38.6 Å². The summed E-state index contributed by atoms with van der Waals surface area (Å²) in [7, 11) is -16.7. The molecule has 48 heavy (non-hydrogen) atoms. The zero-order chi connectivity index (χ0) is 34.7. The maximum Gasteiger partial charge on any atom is 0.490 e. The van der Waals surface area contributed by atoms with E-state index in [0.29, 0.717) is 52.9 Å². The molecule has 0 saturated carbocycles. The molecule has 0 aromatic carbocycles. The lowest BCUT2D eigenvalue weighted by Crippen LogP contribution is -2.26. The molecule has 260 valence electrons. The highest BCUT2D eigenvalue weighted by molar-refractivity contribution is 7.66. The van der Waals surface area contributed by atoms with Crippen molar-refractivity contribution in [3.05, 3.63) is 36.3 Å². The van der Waals surface area contributed by atoms with Crippen molar-refractivity contribution in [3.63, 3.8) is 0 Å². The van der Waals surface area contributed by atoms with Gasteiger partial charge in [0.05, 0.1) is 24.4 Å². The molecule has 23 nitrogen and oxygen atoms in total. The third-order valence-electron chi connectivity index (χ3n) is 6.64.